The number of fused-ring (bicyclic) bond motifs is 2. The molecule has 0 fully saturated rings. The van der Waals surface area contributed by atoms with Crippen LogP contribution in [0, 0.1) is 0 Å². The molecule has 2 aliphatic rings. The molecule has 1 amide bonds. The van der Waals surface area contributed by atoms with E-state index in [9.17, 15) is 24.6 Å². The molecule has 38 heavy (non-hydrogen) atoms. The van der Waals surface area contributed by atoms with Crippen molar-refractivity contribution in [2.24, 2.45) is 0 Å². The molecule has 0 saturated heterocycles. The number of aromatic carboxylic acids is 1. The fraction of sp³-hybridized carbons (Fsp3) is 0.214. The second-order valence-corrected chi connectivity index (χ2v) is 9.15. The highest BCUT2D eigenvalue weighted by molar-refractivity contribution is 7.80. The fourth-order valence-electron chi connectivity index (χ4n) is 4.26. The number of carbonyl (C=O) groups excluding carboxylic acids is 1. The van der Waals surface area contributed by atoms with Gasteiger partial charge in [-0.25, -0.2) is 4.79 Å². The van der Waals surface area contributed by atoms with Gasteiger partial charge in [-0.05, 0) is 67.0 Å². The quantitative estimate of drug-likeness (QED) is 0.119. The predicted molar refractivity (Wildman–Crippen MR) is 150 cm³/mol. The highest BCUT2D eigenvalue weighted by Gasteiger charge is 2.22. The van der Waals surface area contributed by atoms with Gasteiger partial charge in [0, 0.05) is 54.3 Å². The normalized spacial score (nSPS) is 10.9. The van der Waals surface area contributed by atoms with Gasteiger partial charge < -0.3 is 30.6 Å². The summed E-state index contributed by atoms with van der Waals surface area (Å²) < 4.78 is 5.86. The number of rotatable bonds is 9. The maximum atomic E-state index is 12.3. The number of nitrogens with one attached hydrogen (secondary N) is 3. The van der Waals surface area contributed by atoms with E-state index < -0.39 is 5.97 Å². The number of aromatic hydroxyl groups is 1. The third-order valence-electron chi connectivity index (χ3n) is 6.10. The smallest absolute Gasteiger partial charge is 0.336 e. The lowest BCUT2D eigenvalue weighted by Crippen LogP contribution is -2.29. The molecule has 0 spiro atoms. The Morgan fingerprint density at radius 3 is 2.53 bits per heavy atom. The van der Waals surface area contributed by atoms with E-state index in [1.165, 1.54) is 30.3 Å². The van der Waals surface area contributed by atoms with E-state index in [2.05, 4.69) is 16.0 Å². The number of carboxylic acid groups (broad SMARTS) is 1. The summed E-state index contributed by atoms with van der Waals surface area (Å²) >= 11 is 5.36. The van der Waals surface area contributed by atoms with Gasteiger partial charge in [0.05, 0.1) is 5.56 Å². The maximum absolute atomic E-state index is 12.3. The second-order valence-electron chi connectivity index (χ2n) is 8.75. The Balaban J connectivity index is 1.59. The average Bonchev–Trinajstić information content (AvgIpc) is 2.89. The number of hydrogen-bond donors (Lipinski definition) is 5. The zero-order valence-electron chi connectivity index (χ0n) is 20.7. The summed E-state index contributed by atoms with van der Waals surface area (Å²) in [6.45, 7) is 0.615. The molecule has 1 heterocycles. The maximum Gasteiger partial charge on any atom is 0.336 e. The van der Waals surface area contributed by atoms with Crippen molar-refractivity contribution < 1.29 is 24.2 Å². The van der Waals surface area contributed by atoms with Gasteiger partial charge in [-0.15, -0.1) is 0 Å². The summed E-state index contributed by atoms with van der Waals surface area (Å²) in [5, 5.41) is 29.7. The molecule has 4 rings (SSSR count). The number of thiocarbonyl (C=S) groups is 1. The van der Waals surface area contributed by atoms with Crippen LogP contribution in [0.1, 0.15) is 36.0 Å². The third kappa shape index (κ3) is 6.09. The number of unbranched alkanes of at least 4 members (excludes halogenated alkanes) is 2. The molecule has 1 aliphatic carbocycles. The largest absolute Gasteiger partial charge is 0.508 e. The van der Waals surface area contributed by atoms with Crippen molar-refractivity contribution in [3.63, 3.8) is 0 Å². The van der Waals surface area contributed by atoms with Gasteiger partial charge in [0.15, 0.2) is 10.5 Å². The van der Waals surface area contributed by atoms with Gasteiger partial charge >= 0.3 is 5.97 Å². The number of carboxylic acids is 1. The number of hydrogen-bond acceptors (Lipinski definition) is 6. The average molecular weight is 534 g/mol. The molecule has 5 N–H and O–H groups in total. The van der Waals surface area contributed by atoms with Crippen LogP contribution in [0.5, 0.6) is 5.75 Å². The zero-order valence-corrected chi connectivity index (χ0v) is 21.5. The SMILES string of the molecule is CNC(=O)CCCCCNC(=S)Nc1ccc(-c2c3ccc(=O)cc-3oc3cc(O)ccc23)c(C(=O)O)c1. The predicted octanol–water partition coefficient (Wildman–Crippen LogP) is 4.56. The Hall–Kier alpha value is -4.44. The van der Waals surface area contributed by atoms with Crippen LogP contribution in [-0.4, -0.2) is 40.8 Å². The molecule has 1 aliphatic heterocycles. The van der Waals surface area contributed by atoms with Gasteiger partial charge in [0.1, 0.15) is 17.1 Å². The minimum atomic E-state index is -1.14. The molecule has 0 atom stereocenters. The molecule has 2 aromatic carbocycles. The molecule has 0 aromatic heterocycles. The van der Waals surface area contributed by atoms with Crippen molar-refractivity contribution >= 4 is 45.9 Å². The number of phenols is 1. The minimum Gasteiger partial charge on any atom is -0.508 e. The topological polar surface area (TPSA) is 141 Å². The summed E-state index contributed by atoms with van der Waals surface area (Å²) in [5.74, 6) is -0.855. The first-order valence-corrected chi connectivity index (χ1v) is 12.5. The van der Waals surface area contributed by atoms with Crippen LogP contribution in [0.3, 0.4) is 0 Å². The molecule has 9 nitrogen and oxygen atoms in total. The highest BCUT2D eigenvalue weighted by Crippen LogP contribution is 2.42. The van der Waals surface area contributed by atoms with Crippen molar-refractivity contribution in [1.29, 1.82) is 0 Å². The highest BCUT2D eigenvalue weighted by atomic mass is 32.1. The van der Waals surface area contributed by atoms with Gasteiger partial charge in [-0.2, -0.15) is 0 Å². The fourth-order valence-corrected chi connectivity index (χ4v) is 4.48. The Bertz CT molecular complexity index is 1550. The Labute approximate surface area is 223 Å². The molecule has 0 radical (unpaired) electrons. The molecule has 196 valence electrons. The van der Waals surface area contributed by atoms with Gasteiger partial charge in [0.25, 0.3) is 0 Å². The molecule has 0 bridgehead atoms. The van der Waals surface area contributed by atoms with E-state index in [1.54, 1.807) is 31.3 Å². The van der Waals surface area contributed by atoms with Crippen LogP contribution in [0.15, 0.2) is 63.8 Å². The first kappa shape index (κ1) is 26.6. The van der Waals surface area contributed by atoms with Crippen LogP contribution >= 0.6 is 12.2 Å². The number of benzene rings is 3. The number of anilines is 1. The van der Waals surface area contributed by atoms with E-state index in [0.29, 0.717) is 51.4 Å². The molecular weight excluding hydrogens is 506 g/mol. The minimum absolute atomic E-state index is 0.0182. The second kappa shape index (κ2) is 11.7. The van der Waals surface area contributed by atoms with E-state index in [-0.39, 0.29) is 28.4 Å². The van der Waals surface area contributed by atoms with Crippen LogP contribution in [0.4, 0.5) is 5.69 Å². The van der Waals surface area contributed by atoms with Crippen LogP contribution < -0.4 is 21.4 Å². The lowest BCUT2D eigenvalue weighted by molar-refractivity contribution is -0.120. The summed E-state index contributed by atoms with van der Waals surface area (Å²) in [5.41, 5.74) is 2.15. The van der Waals surface area contributed by atoms with Crippen molar-refractivity contribution in [2.45, 2.75) is 25.7 Å². The van der Waals surface area contributed by atoms with E-state index >= 15 is 0 Å². The lowest BCUT2D eigenvalue weighted by atomic mass is 9.90. The van der Waals surface area contributed by atoms with Crippen LogP contribution in [0.25, 0.3) is 33.4 Å². The van der Waals surface area contributed by atoms with Gasteiger partial charge in [-0.3, -0.25) is 9.59 Å². The van der Waals surface area contributed by atoms with Gasteiger partial charge in [-0.1, -0.05) is 12.5 Å². The standard InChI is InChI=1S/C28H27N3O6S/c1-29-25(34)5-3-2-4-12-30-28(38)31-16-6-9-19(22(13-16)27(35)36)26-20-10-7-17(32)14-23(20)37-24-15-18(33)8-11-21(24)26/h6-11,13-15,32H,2-5,12H2,1H3,(H,29,34)(H,35,36)(H2,30,31,38). The lowest BCUT2D eigenvalue weighted by Gasteiger charge is -2.18. The van der Waals surface area contributed by atoms with E-state index in [0.717, 1.165) is 19.3 Å². The van der Waals surface area contributed by atoms with Crippen molar-refractivity contribution in [2.75, 3.05) is 18.9 Å². The summed E-state index contributed by atoms with van der Waals surface area (Å²) in [7, 11) is 1.62. The van der Waals surface area contributed by atoms with E-state index in [1.807, 2.05) is 0 Å². The monoisotopic (exact) mass is 533 g/mol. The number of carbonyl (C=O) groups is 2. The van der Waals surface area contributed by atoms with Crippen LogP contribution in [-0.2, 0) is 4.79 Å². The Morgan fingerprint density at radius 2 is 1.76 bits per heavy atom. The molecule has 10 heteroatoms. The molecule has 0 saturated carbocycles. The molecule has 2 aromatic rings. The number of amides is 1. The van der Waals surface area contributed by atoms with Crippen molar-refractivity contribution in [1.82, 2.24) is 10.6 Å². The first-order valence-electron chi connectivity index (χ1n) is 12.1. The molecule has 0 unspecified atom stereocenters. The van der Waals surface area contributed by atoms with Crippen molar-refractivity contribution in [3.8, 4) is 28.2 Å². The zero-order chi connectivity index (χ0) is 27.2. The Kier molecular flexibility index (Phi) is 8.22. The van der Waals surface area contributed by atoms with Crippen LogP contribution in [0.2, 0.25) is 0 Å². The van der Waals surface area contributed by atoms with Crippen molar-refractivity contribution in [3.05, 3.63) is 70.4 Å². The summed E-state index contributed by atoms with van der Waals surface area (Å²) in [4.78, 5) is 35.6. The Morgan fingerprint density at radius 1 is 0.974 bits per heavy atom. The summed E-state index contributed by atoms with van der Waals surface area (Å²) in [6.07, 6.45) is 2.98. The first-order chi connectivity index (χ1) is 18.3. The summed E-state index contributed by atoms with van der Waals surface area (Å²) in [6, 6.07) is 13.8. The third-order valence-corrected chi connectivity index (χ3v) is 6.35. The number of phenolic OH excluding ortho intramolecular Hbond substituents is 1. The van der Waals surface area contributed by atoms with E-state index in [4.69, 9.17) is 16.6 Å². The van der Waals surface area contributed by atoms with Gasteiger partial charge in [0.2, 0.25) is 5.91 Å². The molecular formula is C28H27N3O6S.